The van der Waals surface area contributed by atoms with Crippen LogP contribution in [0.5, 0.6) is 5.75 Å². The number of halogens is 1. The normalized spacial score (nSPS) is 17.6. The second-order valence-electron chi connectivity index (χ2n) is 9.65. The van der Waals surface area contributed by atoms with Crippen molar-refractivity contribution < 1.29 is 23.8 Å². The van der Waals surface area contributed by atoms with Crippen LogP contribution in [-0.2, 0) is 21.5 Å². The van der Waals surface area contributed by atoms with Gasteiger partial charge in [-0.1, -0.05) is 57.2 Å². The minimum Gasteiger partial charge on any atom is -0.507 e. The largest absolute Gasteiger partial charge is 0.507 e. The summed E-state index contributed by atoms with van der Waals surface area (Å²) in [6.07, 6.45) is 0. The summed E-state index contributed by atoms with van der Waals surface area (Å²) in [6, 6.07) is 19.4. The van der Waals surface area contributed by atoms with Crippen LogP contribution in [0.3, 0.4) is 0 Å². The lowest BCUT2D eigenvalue weighted by atomic mass is 9.85. The molecule has 35 heavy (non-hydrogen) atoms. The van der Waals surface area contributed by atoms with Gasteiger partial charge < -0.3 is 14.7 Å². The van der Waals surface area contributed by atoms with Crippen LogP contribution in [-0.4, -0.2) is 28.8 Å². The predicted octanol–water partition coefficient (Wildman–Crippen LogP) is 5.75. The predicted molar refractivity (Wildman–Crippen MR) is 132 cm³/mol. The number of carbonyl (C=O) groups is 2. The Hall–Kier alpha value is -3.93. The van der Waals surface area contributed by atoms with Gasteiger partial charge in [0.1, 0.15) is 17.3 Å². The Bertz CT molecular complexity index is 1270. The first-order chi connectivity index (χ1) is 16.6. The van der Waals surface area contributed by atoms with Crippen molar-refractivity contribution in [2.24, 2.45) is 0 Å². The number of likely N-dealkylation sites (tertiary alicyclic amines) is 1. The average molecular weight is 474 g/mol. The van der Waals surface area contributed by atoms with Gasteiger partial charge >= 0.3 is 0 Å². The molecule has 0 radical (unpaired) electrons. The molecule has 1 unspecified atom stereocenters. The van der Waals surface area contributed by atoms with Crippen molar-refractivity contribution in [3.8, 4) is 5.75 Å². The number of hydrogen-bond acceptors (Lipinski definition) is 4. The molecule has 0 aromatic heterocycles. The van der Waals surface area contributed by atoms with E-state index >= 15 is 0 Å². The first-order valence-electron chi connectivity index (χ1n) is 11.4. The summed E-state index contributed by atoms with van der Waals surface area (Å²) in [5.41, 5.74) is 2.83. The van der Waals surface area contributed by atoms with Crippen LogP contribution in [0.1, 0.15) is 49.1 Å². The second kappa shape index (κ2) is 9.37. The zero-order valence-electron chi connectivity index (χ0n) is 20.2. The molecule has 0 aliphatic carbocycles. The summed E-state index contributed by atoms with van der Waals surface area (Å²) in [6.45, 7) is 6.40. The molecule has 1 saturated heterocycles. The Kier molecular flexibility index (Phi) is 6.48. The number of ketones is 1. The summed E-state index contributed by atoms with van der Waals surface area (Å²) >= 11 is 0. The molecular weight excluding hydrogens is 445 g/mol. The van der Waals surface area contributed by atoms with E-state index in [9.17, 15) is 19.1 Å². The lowest BCUT2D eigenvalue weighted by Gasteiger charge is -2.26. The number of methoxy groups -OCH3 is 1. The number of aliphatic hydroxyl groups is 1. The minimum atomic E-state index is -0.795. The molecule has 1 aliphatic heterocycles. The van der Waals surface area contributed by atoms with E-state index in [0.29, 0.717) is 22.4 Å². The van der Waals surface area contributed by atoms with E-state index in [4.69, 9.17) is 4.74 Å². The molecule has 180 valence electrons. The first-order valence-corrected chi connectivity index (χ1v) is 11.4. The molecule has 0 saturated carbocycles. The molecule has 1 atom stereocenters. The van der Waals surface area contributed by atoms with Gasteiger partial charge in [-0.15, -0.1) is 0 Å². The van der Waals surface area contributed by atoms with Crippen LogP contribution >= 0.6 is 0 Å². The van der Waals surface area contributed by atoms with Gasteiger partial charge in [0.05, 0.1) is 18.7 Å². The van der Waals surface area contributed by atoms with Crippen LogP contribution in [0.2, 0.25) is 0 Å². The quantitative estimate of drug-likeness (QED) is 0.291. The molecule has 1 heterocycles. The highest BCUT2D eigenvalue weighted by Gasteiger charge is 2.46. The van der Waals surface area contributed by atoms with Crippen molar-refractivity contribution in [3.63, 3.8) is 0 Å². The summed E-state index contributed by atoms with van der Waals surface area (Å²) in [5, 5.41) is 11.2. The number of benzene rings is 3. The van der Waals surface area contributed by atoms with Gasteiger partial charge in [0, 0.05) is 12.1 Å². The average Bonchev–Trinajstić information content (AvgIpc) is 3.09. The monoisotopic (exact) mass is 473 g/mol. The Morgan fingerprint density at radius 2 is 1.54 bits per heavy atom. The second-order valence-corrected chi connectivity index (χ2v) is 9.65. The van der Waals surface area contributed by atoms with Crippen molar-refractivity contribution in [2.45, 2.75) is 38.8 Å². The highest BCUT2D eigenvalue weighted by molar-refractivity contribution is 6.46. The van der Waals surface area contributed by atoms with Crippen LogP contribution in [0.15, 0.2) is 78.4 Å². The zero-order chi connectivity index (χ0) is 25.3. The fraction of sp³-hybridized carbons (Fsp3) is 0.241. The Balaban J connectivity index is 1.83. The third kappa shape index (κ3) is 4.83. The molecule has 1 amide bonds. The smallest absolute Gasteiger partial charge is 0.295 e. The van der Waals surface area contributed by atoms with Crippen LogP contribution in [0.4, 0.5) is 4.39 Å². The summed E-state index contributed by atoms with van der Waals surface area (Å²) in [7, 11) is 1.54. The molecule has 3 aromatic carbocycles. The standard InChI is InChI=1S/C29H28FNO4/c1-29(2,3)21-11-7-19(8-12-21)25-24(26(32)20-9-15-23(35-4)16-10-20)27(33)28(34)31(25)17-18-5-13-22(30)14-6-18/h5-16,25,32H,17H2,1-4H3/b26-24-. The molecule has 1 fully saturated rings. The maximum atomic E-state index is 13.4. The summed E-state index contributed by atoms with van der Waals surface area (Å²) < 4.78 is 18.6. The zero-order valence-corrected chi connectivity index (χ0v) is 20.2. The number of hydrogen-bond donors (Lipinski definition) is 1. The maximum absolute atomic E-state index is 13.4. The van der Waals surface area contributed by atoms with Crippen molar-refractivity contribution >= 4 is 17.4 Å². The molecule has 4 rings (SSSR count). The highest BCUT2D eigenvalue weighted by atomic mass is 19.1. The molecule has 0 bridgehead atoms. The van der Waals surface area contributed by atoms with Gasteiger partial charge in [-0.3, -0.25) is 9.59 Å². The molecule has 1 N–H and O–H groups in total. The van der Waals surface area contributed by atoms with Gasteiger partial charge in [-0.05, 0) is 58.5 Å². The van der Waals surface area contributed by atoms with Crippen LogP contribution in [0.25, 0.3) is 5.76 Å². The van der Waals surface area contributed by atoms with E-state index in [1.165, 1.54) is 24.1 Å². The number of carbonyl (C=O) groups excluding carboxylic acids is 2. The highest BCUT2D eigenvalue weighted by Crippen LogP contribution is 2.41. The van der Waals surface area contributed by atoms with Crippen LogP contribution < -0.4 is 4.74 Å². The Morgan fingerprint density at radius 1 is 0.943 bits per heavy atom. The Morgan fingerprint density at radius 3 is 2.09 bits per heavy atom. The third-order valence-electron chi connectivity index (χ3n) is 6.26. The first kappa shape index (κ1) is 24.2. The van der Waals surface area contributed by atoms with Crippen molar-refractivity contribution in [1.82, 2.24) is 4.90 Å². The molecule has 1 aliphatic rings. The fourth-order valence-electron chi connectivity index (χ4n) is 4.25. The van der Waals surface area contributed by atoms with Crippen molar-refractivity contribution in [3.05, 3.63) is 106 Å². The molecule has 6 heteroatoms. The minimum absolute atomic E-state index is 0.0192. The molecular formula is C29H28FNO4. The fourth-order valence-corrected chi connectivity index (χ4v) is 4.25. The van der Waals surface area contributed by atoms with E-state index < -0.39 is 17.7 Å². The molecule has 3 aromatic rings. The van der Waals surface area contributed by atoms with Crippen LogP contribution in [0, 0.1) is 5.82 Å². The maximum Gasteiger partial charge on any atom is 0.295 e. The van der Waals surface area contributed by atoms with Crippen molar-refractivity contribution in [2.75, 3.05) is 7.11 Å². The van der Waals surface area contributed by atoms with Gasteiger partial charge in [0.2, 0.25) is 0 Å². The third-order valence-corrected chi connectivity index (χ3v) is 6.26. The van der Waals surface area contributed by atoms with Gasteiger partial charge in [-0.25, -0.2) is 4.39 Å². The number of ether oxygens (including phenoxy) is 1. The SMILES string of the molecule is COc1ccc(/C(O)=C2/C(=O)C(=O)N(Cc3ccc(F)cc3)C2c2ccc(C(C)(C)C)cc2)cc1. The van der Waals surface area contributed by atoms with Gasteiger partial charge in [0.15, 0.2) is 0 Å². The van der Waals surface area contributed by atoms with E-state index in [-0.39, 0.29) is 29.1 Å². The van der Waals surface area contributed by atoms with E-state index in [2.05, 4.69) is 20.8 Å². The number of Topliss-reactive ketones (excluding diaryl/α,β-unsaturated/α-hetero) is 1. The van der Waals surface area contributed by atoms with E-state index in [1.807, 2.05) is 24.3 Å². The van der Waals surface area contributed by atoms with E-state index in [1.54, 1.807) is 36.4 Å². The van der Waals surface area contributed by atoms with Crippen molar-refractivity contribution in [1.29, 1.82) is 0 Å². The number of rotatable bonds is 5. The van der Waals surface area contributed by atoms with Gasteiger partial charge in [0.25, 0.3) is 11.7 Å². The number of aliphatic hydroxyl groups excluding tert-OH is 1. The molecule has 5 nitrogen and oxygen atoms in total. The lowest BCUT2D eigenvalue weighted by molar-refractivity contribution is -0.140. The lowest BCUT2D eigenvalue weighted by Crippen LogP contribution is -2.29. The topological polar surface area (TPSA) is 66.8 Å². The Labute approximate surface area is 204 Å². The van der Waals surface area contributed by atoms with Gasteiger partial charge in [-0.2, -0.15) is 0 Å². The summed E-state index contributed by atoms with van der Waals surface area (Å²) in [4.78, 5) is 27.8. The van der Waals surface area contributed by atoms with E-state index in [0.717, 1.165) is 5.56 Å². The number of nitrogens with zero attached hydrogens (tertiary/aromatic N) is 1. The summed E-state index contributed by atoms with van der Waals surface area (Å²) in [5.74, 6) is -1.51. The number of amides is 1. The molecule has 0 spiro atoms.